The Bertz CT molecular complexity index is 668. The molecule has 17 heavy (non-hydrogen) atoms. The highest BCUT2D eigenvalue weighted by Crippen LogP contribution is 2.39. The summed E-state index contributed by atoms with van der Waals surface area (Å²) in [4.78, 5) is 1.05. The number of hydrogen-bond donors (Lipinski definition) is 0. The third-order valence-electron chi connectivity index (χ3n) is 2.66. The molecule has 0 amide bonds. The Morgan fingerprint density at radius 3 is 2.24 bits per heavy atom. The van der Waals surface area contributed by atoms with Crippen molar-refractivity contribution in [1.82, 2.24) is 0 Å². The van der Waals surface area contributed by atoms with E-state index in [1.165, 1.54) is 24.3 Å². The zero-order valence-electron chi connectivity index (χ0n) is 8.86. The molecule has 0 aliphatic heterocycles. The van der Waals surface area contributed by atoms with Crippen LogP contribution in [-0.2, 0) is 0 Å². The molecule has 0 nitrogen and oxygen atoms in total. The first-order chi connectivity index (χ1) is 8.24. The summed E-state index contributed by atoms with van der Waals surface area (Å²) in [5.74, 6) is -0.460. The molecule has 1 heterocycles. The van der Waals surface area contributed by atoms with Gasteiger partial charge in [-0.3, -0.25) is 0 Å². The Labute approximate surface area is 100 Å². The van der Waals surface area contributed by atoms with Gasteiger partial charge in [-0.2, -0.15) is 0 Å². The summed E-state index contributed by atoms with van der Waals surface area (Å²) in [7, 11) is -0.196. The van der Waals surface area contributed by atoms with Crippen molar-refractivity contribution in [3.8, 4) is 4.90 Å². The molecule has 0 N–H and O–H groups in total. The Hall–Kier alpha value is -1.74. The Morgan fingerprint density at radius 1 is 0.765 bits per heavy atom. The molecule has 84 valence electrons. The second-order valence-electron chi connectivity index (χ2n) is 3.78. The highest BCUT2D eigenvalue weighted by atomic mass is 32.2. The maximum atomic E-state index is 13.1. The smallest absolute Gasteiger partial charge is 0.186 e. The molecular formula is C14H9F2S+. The minimum absolute atomic E-state index is 0.196. The molecule has 3 rings (SSSR count). The monoisotopic (exact) mass is 247 g/mol. The van der Waals surface area contributed by atoms with E-state index in [4.69, 9.17) is 0 Å². The number of benzene rings is 2. The summed E-state index contributed by atoms with van der Waals surface area (Å²) in [6.45, 7) is 0. The van der Waals surface area contributed by atoms with Crippen molar-refractivity contribution in [3.63, 3.8) is 0 Å². The van der Waals surface area contributed by atoms with Crippen molar-refractivity contribution in [1.29, 1.82) is 0 Å². The largest absolute Gasteiger partial charge is 0.207 e. The van der Waals surface area contributed by atoms with Crippen LogP contribution in [-0.4, -0.2) is 0 Å². The summed E-state index contributed by atoms with van der Waals surface area (Å²) in [6, 6.07) is 13.2. The third kappa shape index (κ3) is 1.83. The van der Waals surface area contributed by atoms with Gasteiger partial charge in [0.1, 0.15) is 17.0 Å². The van der Waals surface area contributed by atoms with Gasteiger partial charge in [-0.25, -0.2) is 8.78 Å². The minimum atomic E-state index is -0.236. The summed E-state index contributed by atoms with van der Waals surface area (Å²) in [5, 5.41) is 2.95. The number of thiophene rings is 1. The fraction of sp³-hybridized carbons (Fsp3) is 0. The quantitative estimate of drug-likeness (QED) is 0.539. The SMILES string of the molecule is Fc1ccc(-[s+]2ccc3cc(F)ccc32)cc1. The molecule has 1 atom stereocenters. The lowest BCUT2D eigenvalue weighted by molar-refractivity contribution is 0.628. The molecule has 3 heteroatoms. The predicted octanol–water partition coefficient (Wildman–Crippen LogP) is 4.86. The molecule has 0 spiro atoms. The average Bonchev–Trinajstić information content (AvgIpc) is 2.73. The molecule has 1 unspecified atom stereocenters. The molecule has 0 radical (unpaired) electrons. The van der Waals surface area contributed by atoms with E-state index in [9.17, 15) is 8.78 Å². The second-order valence-corrected chi connectivity index (χ2v) is 5.64. The van der Waals surface area contributed by atoms with Crippen LogP contribution in [0, 0.1) is 11.6 Å². The Kier molecular flexibility index (Phi) is 2.41. The maximum absolute atomic E-state index is 13.1. The van der Waals surface area contributed by atoms with Crippen molar-refractivity contribution < 1.29 is 8.78 Å². The van der Waals surface area contributed by atoms with Crippen LogP contribution in [0.25, 0.3) is 15.0 Å². The minimum Gasteiger partial charge on any atom is -0.207 e. The van der Waals surface area contributed by atoms with Gasteiger partial charge in [-0.1, -0.05) is 0 Å². The molecule has 2 aromatic carbocycles. The first-order valence-corrected chi connectivity index (χ1v) is 6.49. The molecule has 3 aromatic rings. The number of hydrogen-bond acceptors (Lipinski definition) is 0. The standard InChI is InChI=1S/C14H9F2S/c15-11-1-4-13(5-2-11)17-8-7-10-9-12(16)3-6-14(10)17/h1-9H/q+1. The van der Waals surface area contributed by atoms with Crippen LogP contribution < -0.4 is 0 Å². The third-order valence-corrected chi connectivity index (χ3v) is 4.69. The predicted molar refractivity (Wildman–Crippen MR) is 67.7 cm³/mol. The van der Waals surface area contributed by atoms with Crippen LogP contribution in [0.4, 0.5) is 8.78 Å². The number of halogens is 2. The lowest BCUT2D eigenvalue weighted by atomic mass is 10.3. The maximum Gasteiger partial charge on any atom is 0.186 e. The molecule has 0 bridgehead atoms. The van der Waals surface area contributed by atoms with Gasteiger partial charge in [-0.15, -0.1) is 0 Å². The van der Waals surface area contributed by atoms with Gasteiger partial charge in [0.25, 0.3) is 0 Å². The molecule has 0 aliphatic rings. The van der Waals surface area contributed by atoms with Gasteiger partial charge in [0, 0.05) is 40.1 Å². The Morgan fingerprint density at radius 2 is 1.47 bits per heavy atom. The lowest BCUT2D eigenvalue weighted by Crippen LogP contribution is -1.74. The number of fused-ring (bicyclic) bond motifs is 1. The van der Waals surface area contributed by atoms with Gasteiger partial charge >= 0.3 is 0 Å². The lowest BCUT2D eigenvalue weighted by Gasteiger charge is -1.92. The van der Waals surface area contributed by atoms with Crippen molar-refractivity contribution in [2.45, 2.75) is 0 Å². The van der Waals surface area contributed by atoms with E-state index in [-0.39, 0.29) is 22.1 Å². The van der Waals surface area contributed by atoms with Gasteiger partial charge in [-0.05, 0) is 24.3 Å². The average molecular weight is 247 g/mol. The summed E-state index contributed by atoms with van der Waals surface area (Å²) < 4.78 is 27.0. The van der Waals surface area contributed by atoms with Gasteiger partial charge in [0.15, 0.2) is 9.60 Å². The summed E-state index contributed by atoms with van der Waals surface area (Å²) in [5.41, 5.74) is 0. The zero-order chi connectivity index (χ0) is 11.8. The first-order valence-electron chi connectivity index (χ1n) is 5.20. The van der Waals surface area contributed by atoms with Gasteiger partial charge < -0.3 is 0 Å². The van der Waals surface area contributed by atoms with Crippen LogP contribution in [0.2, 0.25) is 0 Å². The van der Waals surface area contributed by atoms with Gasteiger partial charge in [0.2, 0.25) is 0 Å². The zero-order valence-corrected chi connectivity index (χ0v) is 9.68. The van der Waals surface area contributed by atoms with E-state index < -0.39 is 0 Å². The number of rotatable bonds is 1. The highest BCUT2D eigenvalue weighted by molar-refractivity contribution is 7.43. The van der Waals surface area contributed by atoms with Crippen molar-refractivity contribution >= 4 is 20.6 Å². The van der Waals surface area contributed by atoms with Crippen LogP contribution in [0.1, 0.15) is 0 Å². The van der Waals surface area contributed by atoms with Crippen molar-refractivity contribution in [3.05, 3.63) is 65.5 Å². The molecule has 0 saturated heterocycles. The van der Waals surface area contributed by atoms with E-state index in [0.717, 1.165) is 15.0 Å². The van der Waals surface area contributed by atoms with Crippen LogP contribution in [0.3, 0.4) is 0 Å². The molecular weight excluding hydrogens is 238 g/mol. The molecule has 0 fully saturated rings. The fourth-order valence-electron chi connectivity index (χ4n) is 1.85. The first kappa shape index (κ1) is 10.4. The van der Waals surface area contributed by atoms with E-state index >= 15 is 0 Å². The van der Waals surface area contributed by atoms with Crippen LogP contribution in [0.15, 0.2) is 53.9 Å². The van der Waals surface area contributed by atoms with E-state index in [0.29, 0.717) is 0 Å². The topological polar surface area (TPSA) is 0 Å². The molecule has 1 aromatic heterocycles. The summed E-state index contributed by atoms with van der Waals surface area (Å²) in [6.07, 6.45) is 0. The van der Waals surface area contributed by atoms with Gasteiger partial charge in [0.05, 0.1) is 0 Å². The molecule has 0 saturated carbocycles. The van der Waals surface area contributed by atoms with Crippen molar-refractivity contribution in [2.75, 3.05) is 0 Å². The summed E-state index contributed by atoms with van der Waals surface area (Å²) >= 11 is 0. The fourth-order valence-corrected chi connectivity index (χ4v) is 3.72. The van der Waals surface area contributed by atoms with Crippen LogP contribution in [0.5, 0.6) is 0 Å². The highest BCUT2D eigenvalue weighted by Gasteiger charge is 2.15. The normalized spacial score (nSPS) is 12.0. The van der Waals surface area contributed by atoms with E-state index in [2.05, 4.69) is 0 Å². The van der Waals surface area contributed by atoms with E-state index in [1.54, 1.807) is 18.2 Å². The second kappa shape index (κ2) is 3.93. The Balaban J connectivity index is 2.21. The van der Waals surface area contributed by atoms with E-state index in [1.807, 2.05) is 11.4 Å². The van der Waals surface area contributed by atoms with Crippen molar-refractivity contribution in [2.24, 2.45) is 0 Å². The molecule has 0 aliphatic carbocycles. The van der Waals surface area contributed by atoms with Crippen LogP contribution >= 0.6 is 10.5 Å².